The molecule has 0 fully saturated rings. The molecule has 1 aromatic rings. The van der Waals surface area contributed by atoms with Gasteiger partial charge in [-0.2, -0.15) is 17.4 Å². The molecule has 114 valence electrons. The first kappa shape index (κ1) is 17.1. The minimum Gasteiger partial charge on any atom is -0.469 e. The molecule has 0 spiro atoms. The number of nitrogens with one attached hydrogen (secondary N) is 1. The Morgan fingerprint density at radius 2 is 2.10 bits per heavy atom. The molecule has 1 heterocycles. The van der Waals surface area contributed by atoms with E-state index in [0.29, 0.717) is 0 Å². The number of carbonyl (C=O) groups excluding carboxylic acids is 1. The summed E-state index contributed by atoms with van der Waals surface area (Å²) in [5.74, 6) is -0.434. The molecule has 6 nitrogen and oxygen atoms in total. The highest BCUT2D eigenvalue weighted by Crippen LogP contribution is 2.20. The number of ether oxygens (including phenoxy) is 1. The van der Waals surface area contributed by atoms with Crippen LogP contribution in [0.4, 0.5) is 0 Å². The van der Waals surface area contributed by atoms with Crippen LogP contribution >= 0.6 is 11.3 Å². The summed E-state index contributed by atoms with van der Waals surface area (Å²) in [5, 5.41) is 0. The van der Waals surface area contributed by atoms with Gasteiger partial charge < -0.3 is 4.74 Å². The largest absolute Gasteiger partial charge is 0.469 e. The maximum atomic E-state index is 12.0. The molecule has 20 heavy (non-hydrogen) atoms. The lowest BCUT2D eigenvalue weighted by Crippen LogP contribution is -2.38. The molecule has 0 saturated heterocycles. The molecule has 0 atom stereocenters. The molecular weight excluding hydrogens is 300 g/mol. The fourth-order valence-electron chi connectivity index (χ4n) is 1.48. The van der Waals surface area contributed by atoms with Crippen molar-refractivity contribution in [2.45, 2.75) is 26.8 Å². The van der Waals surface area contributed by atoms with E-state index in [0.717, 1.165) is 14.7 Å². The number of esters is 1. The van der Waals surface area contributed by atoms with Crippen molar-refractivity contribution in [2.24, 2.45) is 0 Å². The Morgan fingerprint density at radius 3 is 2.60 bits per heavy atom. The van der Waals surface area contributed by atoms with Crippen LogP contribution in [0.1, 0.15) is 21.7 Å². The Kier molecular flexibility index (Phi) is 6.12. The van der Waals surface area contributed by atoms with Crippen LogP contribution in [0.5, 0.6) is 0 Å². The van der Waals surface area contributed by atoms with Crippen molar-refractivity contribution in [3.05, 3.63) is 21.4 Å². The number of nitrogens with zero attached hydrogens (tertiary/aromatic N) is 1. The first-order valence-electron chi connectivity index (χ1n) is 6.10. The summed E-state index contributed by atoms with van der Waals surface area (Å²) < 4.78 is 32.0. The van der Waals surface area contributed by atoms with Gasteiger partial charge in [0, 0.05) is 29.9 Å². The molecule has 1 rings (SSSR count). The van der Waals surface area contributed by atoms with Gasteiger partial charge in [0.1, 0.15) is 0 Å². The molecule has 0 amide bonds. The third-order valence-electron chi connectivity index (χ3n) is 2.91. The standard InChI is InChI=1S/C12H20N2O4S2/c1-9-7-11(19-10(9)2)8-13-20(16,17)14(3)6-5-12(15)18-4/h7,13H,5-6,8H2,1-4H3. The number of methoxy groups -OCH3 is 1. The van der Waals surface area contributed by atoms with Gasteiger partial charge in [-0.1, -0.05) is 0 Å². The zero-order valence-corrected chi connectivity index (χ0v) is 13.7. The van der Waals surface area contributed by atoms with Gasteiger partial charge in [0.2, 0.25) is 0 Å². The Hall–Kier alpha value is -0.960. The summed E-state index contributed by atoms with van der Waals surface area (Å²) in [5.41, 5.74) is 1.16. The number of hydrogen-bond acceptors (Lipinski definition) is 5. The van der Waals surface area contributed by atoms with Crippen molar-refractivity contribution in [3.8, 4) is 0 Å². The molecule has 0 aromatic carbocycles. The van der Waals surface area contributed by atoms with Crippen LogP contribution in [0.15, 0.2) is 6.07 Å². The molecule has 1 N–H and O–H groups in total. The third kappa shape index (κ3) is 4.86. The summed E-state index contributed by atoms with van der Waals surface area (Å²) in [6, 6.07) is 1.97. The fourth-order valence-corrected chi connectivity index (χ4v) is 3.45. The van der Waals surface area contributed by atoms with Crippen molar-refractivity contribution in [3.63, 3.8) is 0 Å². The molecule has 0 bridgehead atoms. The third-order valence-corrected chi connectivity index (χ3v) is 5.58. The van der Waals surface area contributed by atoms with Gasteiger partial charge in [-0.05, 0) is 25.5 Å². The van der Waals surface area contributed by atoms with E-state index in [1.54, 1.807) is 11.3 Å². The van der Waals surface area contributed by atoms with Crippen molar-refractivity contribution < 1.29 is 17.9 Å². The minimum absolute atomic E-state index is 0.0329. The van der Waals surface area contributed by atoms with Gasteiger partial charge in [-0.25, -0.2) is 0 Å². The van der Waals surface area contributed by atoms with E-state index in [-0.39, 0.29) is 19.5 Å². The van der Waals surface area contributed by atoms with Crippen molar-refractivity contribution in [2.75, 3.05) is 20.7 Å². The molecule has 0 radical (unpaired) electrons. The van der Waals surface area contributed by atoms with Crippen LogP contribution in [-0.2, 0) is 26.3 Å². The van der Waals surface area contributed by atoms with Crippen LogP contribution in [0, 0.1) is 13.8 Å². The Labute approximate surface area is 123 Å². The molecular formula is C12H20N2O4S2. The molecule has 0 saturated carbocycles. The van der Waals surface area contributed by atoms with Crippen LogP contribution < -0.4 is 4.72 Å². The van der Waals surface area contributed by atoms with E-state index in [4.69, 9.17) is 0 Å². The minimum atomic E-state index is -3.58. The highest BCUT2D eigenvalue weighted by molar-refractivity contribution is 7.87. The van der Waals surface area contributed by atoms with Gasteiger partial charge in [-0.3, -0.25) is 4.79 Å². The van der Waals surface area contributed by atoms with Crippen molar-refractivity contribution in [1.82, 2.24) is 9.03 Å². The van der Waals surface area contributed by atoms with Gasteiger partial charge >= 0.3 is 5.97 Å². The van der Waals surface area contributed by atoms with Crippen LogP contribution in [-0.4, -0.2) is 39.4 Å². The SMILES string of the molecule is COC(=O)CCN(C)S(=O)(=O)NCc1cc(C)c(C)s1. The topological polar surface area (TPSA) is 75.7 Å². The summed E-state index contributed by atoms with van der Waals surface area (Å²) in [6.45, 7) is 4.33. The average Bonchev–Trinajstić information content (AvgIpc) is 2.72. The molecule has 8 heteroatoms. The smallest absolute Gasteiger partial charge is 0.306 e. The lowest BCUT2D eigenvalue weighted by atomic mass is 10.3. The van der Waals surface area contributed by atoms with Gasteiger partial charge in [0.05, 0.1) is 13.5 Å². The van der Waals surface area contributed by atoms with Crippen LogP contribution in [0.3, 0.4) is 0 Å². The quantitative estimate of drug-likeness (QED) is 0.766. The van der Waals surface area contributed by atoms with E-state index in [1.165, 1.54) is 19.0 Å². The Bertz CT molecular complexity index is 547. The maximum absolute atomic E-state index is 12.0. The van der Waals surface area contributed by atoms with Crippen molar-refractivity contribution >= 4 is 27.5 Å². The summed E-state index contributed by atoms with van der Waals surface area (Å²) in [6.07, 6.45) is 0.0329. The summed E-state index contributed by atoms with van der Waals surface area (Å²) in [4.78, 5) is 13.1. The highest BCUT2D eigenvalue weighted by Gasteiger charge is 2.18. The Balaban J connectivity index is 2.54. The number of hydrogen-bond donors (Lipinski definition) is 1. The number of rotatable bonds is 7. The highest BCUT2D eigenvalue weighted by atomic mass is 32.2. The zero-order valence-electron chi connectivity index (χ0n) is 12.1. The second-order valence-electron chi connectivity index (χ2n) is 4.43. The van der Waals surface area contributed by atoms with E-state index >= 15 is 0 Å². The maximum Gasteiger partial charge on any atom is 0.306 e. The van der Waals surface area contributed by atoms with Crippen molar-refractivity contribution in [1.29, 1.82) is 0 Å². The zero-order chi connectivity index (χ0) is 15.3. The molecule has 0 unspecified atom stereocenters. The second-order valence-corrected chi connectivity index (χ2v) is 7.63. The number of thiophene rings is 1. The first-order chi connectivity index (χ1) is 9.26. The van der Waals surface area contributed by atoms with Crippen LogP contribution in [0.2, 0.25) is 0 Å². The number of aryl methyl sites for hydroxylation is 2. The fraction of sp³-hybridized carbons (Fsp3) is 0.583. The van der Waals surface area contributed by atoms with Gasteiger partial charge in [-0.15, -0.1) is 11.3 Å². The van der Waals surface area contributed by atoms with E-state index in [2.05, 4.69) is 9.46 Å². The van der Waals surface area contributed by atoms with E-state index in [1.807, 2.05) is 19.9 Å². The predicted octanol–water partition coefficient (Wildman–Crippen LogP) is 1.19. The molecule has 0 aliphatic heterocycles. The molecule has 0 aliphatic rings. The predicted molar refractivity (Wildman–Crippen MR) is 78.8 cm³/mol. The first-order valence-corrected chi connectivity index (χ1v) is 8.35. The number of carbonyl (C=O) groups is 1. The average molecular weight is 320 g/mol. The monoisotopic (exact) mass is 320 g/mol. The summed E-state index contributed by atoms with van der Waals surface area (Å²) >= 11 is 1.57. The lowest BCUT2D eigenvalue weighted by molar-refractivity contribution is -0.140. The van der Waals surface area contributed by atoms with E-state index < -0.39 is 16.2 Å². The lowest BCUT2D eigenvalue weighted by Gasteiger charge is -2.16. The summed E-state index contributed by atoms with van der Waals surface area (Å²) in [7, 11) is -0.883. The Morgan fingerprint density at radius 1 is 1.45 bits per heavy atom. The van der Waals surface area contributed by atoms with Gasteiger partial charge in [0.15, 0.2) is 0 Å². The van der Waals surface area contributed by atoms with E-state index in [9.17, 15) is 13.2 Å². The molecule has 0 aliphatic carbocycles. The van der Waals surface area contributed by atoms with Crippen LogP contribution in [0.25, 0.3) is 0 Å². The normalized spacial score (nSPS) is 11.8. The second kappa shape index (κ2) is 7.16. The molecule has 1 aromatic heterocycles. The van der Waals surface area contributed by atoms with Gasteiger partial charge in [0.25, 0.3) is 10.2 Å².